The number of aryl methyl sites for hydroxylation is 2. The molecule has 1 heterocycles. The molecule has 0 aliphatic rings. The molecule has 0 aliphatic heterocycles. The van der Waals surface area contributed by atoms with Crippen molar-refractivity contribution < 1.29 is 4.74 Å². The van der Waals surface area contributed by atoms with Gasteiger partial charge >= 0.3 is 0 Å². The van der Waals surface area contributed by atoms with Crippen molar-refractivity contribution in [2.75, 3.05) is 30.9 Å². The van der Waals surface area contributed by atoms with Crippen LogP contribution in [-0.4, -0.2) is 30.2 Å². The maximum absolute atomic E-state index is 5.11. The molecule has 0 aliphatic carbocycles. The van der Waals surface area contributed by atoms with Crippen molar-refractivity contribution in [2.45, 2.75) is 20.3 Å². The summed E-state index contributed by atoms with van der Waals surface area (Å²) in [6.07, 6.45) is 0.925. The van der Waals surface area contributed by atoms with Gasteiger partial charge in [-0.25, -0.2) is 4.98 Å². The third kappa shape index (κ3) is 4.25. The average Bonchev–Trinajstić information content (AvgIpc) is 2.61. The molecule has 3 rings (SSSR count). The Bertz CT molecular complexity index is 863. The number of para-hydroxylation sites is 1. The predicted octanol–water partition coefficient (Wildman–Crippen LogP) is 4.44. The van der Waals surface area contributed by atoms with Gasteiger partial charge in [-0.15, -0.1) is 0 Å². The molecular formula is C20H24N4O. The van der Waals surface area contributed by atoms with Crippen molar-refractivity contribution in [3.63, 3.8) is 0 Å². The molecule has 5 heteroatoms. The van der Waals surface area contributed by atoms with Gasteiger partial charge in [0.1, 0.15) is 5.82 Å². The van der Waals surface area contributed by atoms with Gasteiger partial charge in [0.2, 0.25) is 5.95 Å². The van der Waals surface area contributed by atoms with E-state index in [1.54, 1.807) is 7.11 Å². The van der Waals surface area contributed by atoms with E-state index in [0.29, 0.717) is 5.95 Å². The van der Waals surface area contributed by atoms with Crippen molar-refractivity contribution >= 4 is 28.4 Å². The van der Waals surface area contributed by atoms with Crippen LogP contribution in [0.15, 0.2) is 42.5 Å². The third-order valence-corrected chi connectivity index (χ3v) is 4.05. The molecule has 0 radical (unpaired) electrons. The summed E-state index contributed by atoms with van der Waals surface area (Å²) in [7, 11) is 1.71. The van der Waals surface area contributed by atoms with Crippen LogP contribution in [0.2, 0.25) is 0 Å². The van der Waals surface area contributed by atoms with Crippen molar-refractivity contribution in [2.24, 2.45) is 0 Å². The topological polar surface area (TPSA) is 59.1 Å². The third-order valence-electron chi connectivity index (χ3n) is 4.05. The molecule has 0 saturated carbocycles. The van der Waals surface area contributed by atoms with Crippen LogP contribution in [0, 0.1) is 13.8 Å². The molecule has 2 aromatic carbocycles. The highest BCUT2D eigenvalue weighted by molar-refractivity contribution is 5.90. The first-order chi connectivity index (χ1) is 12.2. The van der Waals surface area contributed by atoms with Gasteiger partial charge in [-0.3, -0.25) is 0 Å². The number of rotatable bonds is 7. The quantitative estimate of drug-likeness (QED) is 0.625. The summed E-state index contributed by atoms with van der Waals surface area (Å²) >= 11 is 0. The summed E-state index contributed by atoms with van der Waals surface area (Å²) in [6, 6.07) is 14.3. The fourth-order valence-corrected chi connectivity index (χ4v) is 2.76. The van der Waals surface area contributed by atoms with E-state index in [1.807, 2.05) is 24.3 Å². The molecule has 0 saturated heterocycles. The normalized spacial score (nSPS) is 10.8. The van der Waals surface area contributed by atoms with Crippen LogP contribution in [0.25, 0.3) is 10.9 Å². The van der Waals surface area contributed by atoms with Crippen molar-refractivity contribution in [3.05, 3.63) is 53.6 Å². The van der Waals surface area contributed by atoms with Crippen molar-refractivity contribution in [1.29, 1.82) is 0 Å². The predicted molar refractivity (Wildman–Crippen MR) is 104 cm³/mol. The molecule has 0 bridgehead atoms. The molecule has 1 aromatic heterocycles. The molecule has 5 nitrogen and oxygen atoms in total. The second-order valence-corrected chi connectivity index (χ2v) is 6.13. The van der Waals surface area contributed by atoms with Gasteiger partial charge in [-0.1, -0.05) is 29.8 Å². The largest absolute Gasteiger partial charge is 0.385 e. The smallest absolute Gasteiger partial charge is 0.229 e. The van der Waals surface area contributed by atoms with Gasteiger partial charge in [-0.05, 0) is 44.0 Å². The summed E-state index contributed by atoms with van der Waals surface area (Å²) in [6.45, 7) is 5.70. The lowest BCUT2D eigenvalue weighted by atomic mass is 10.1. The zero-order chi connectivity index (χ0) is 17.6. The molecule has 0 spiro atoms. The fraction of sp³-hybridized carbons (Fsp3) is 0.300. The van der Waals surface area contributed by atoms with Crippen molar-refractivity contribution in [3.8, 4) is 0 Å². The molecule has 0 fully saturated rings. The van der Waals surface area contributed by atoms with E-state index < -0.39 is 0 Å². The Morgan fingerprint density at radius 3 is 2.68 bits per heavy atom. The number of anilines is 3. The fourth-order valence-electron chi connectivity index (χ4n) is 2.76. The number of hydrogen-bond donors (Lipinski definition) is 2. The van der Waals surface area contributed by atoms with Crippen LogP contribution in [0.4, 0.5) is 17.5 Å². The first-order valence-corrected chi connectivity index (χ1v) is 8.51. The Hall–Kier alpha value is -2.66. The minimum Gasteiger partial charge on any atom is -0.385 e. The lowest BCUT2D eigenvalue weighted by Crippen LogP contribution is -2.08. The zero-order valence-electron chi connectivity index (χ0n) is 15.0. The SMILES string of the molecule is COCCCNc1nc(Nc2ccc(C)cc2C)nc2ccccc12. The Morgan fingerprint density at radius 1 is 1.04 bits per heavy atom. The van der Waals surface area contributed by atoms with E-state index in [0.717, 1.165) is 42.0 Å². The van der Waals surface area contributed by atoms with E-state index in [4.69, 9.17) is 4.74 Å². The summed E-state index contributed by atoms with van der Waals surface area (Å²) in [5.41, 5.74) is 4.35. The molecule has 0 amide bonds. The van der Waals surface area contributed by atoms with Crippen LogP contribution in [-0.2, 0) is 4.74 Å². The lowest BCUT2D eigenvalue weighted by Gasteiger charge is -2.13. The van der Waals surface area contributed by atoms with Crippen LogP contribution in [0.5, 0.6) is 0 Å². The Morgan fingerprint density at radius 2 is 1.88 bits per heavy atom. The highest BCUT2D eigenvalue weighted by atomic mass is 16.5. The number of nitrogens with zero attached hydrogens (tertiary/aromatic N) is 2. The molecule has 3 aromatic rings. The average molecular weight is 336 g/mol. The van der Waals surface area contributed by atoms with Crippen LogP contribution < -0.4 is 10.6 Å². The van der Waals surface area contributed by atoms with E-state index in [9.17, 15) is 0 Å². The second-order valence-electron chi connectivity index (χ2n) is 6.13. The highest BCUT2D eigenvalue weighted by Crippen LogP contribution is 2.25. The van der Waals surface area contributed by atoms with Gasteiger partial charge < -0.3 is 15.4 Å². The minimum atomic E-state index is 0.597. The molecule has 130 valence electrons. The molecule has 25 heavy (non-hydrogen) atoms. The number of methoxy groups -OCH3 is 1. The van der Waals surface area contributed by atoms with Crippen LogP contribution >= 0.6 is 0 Å². The monoisotopic (exact) mass is 336 g/mol. The van der Waals surface area contributed by atoms with E-state index in [2.05, 4.69) is 52.6 Å². The molecular weight excluding hydrogens is 312 g/mol. The van der Waals surface area contributed by atoms with Gasteiger partial charge in [0.05, 0.1) is 5.52 Å². The van der Waals surface area contributed by atoms with Crippen molar-refractivity contribution in [1.82, 2.24) is 9.97 Å². The summed E-state index contributed by atoms with van der Waals surface area (Å²) in [5.74, 6) is 1.44. The van der Waals surface area contributed by atoms with E-state index in [1.165, 1.54) is 11.1 Å². The maximum atomic E-state index is 5.11. The molecule has 2 N–H and O–H groups in total. The standard InChI is InChI=1S/C20H24N4O/c1-14-9-10-17(15(2)13-14)22-20-23-18-8-5-4-7-16(18)19(24-20)21-11-6-12-25-3/h4-5,7-10,13H,6,11-12H2,1-3H3,(H2,21,22,23,24). The lowest BCUT2D eigenvalue weighted by molar-refractivity contribution is 0.198. The number of hydrogen-bond acceptors (Lipinski definition) is 5. The number of nitrogens with one attached hydrogen (secondary N) is 2. The number of fused-ring (bicyclic) bond motifs is 1. The first-order valence-electron chi connectivity index (χ1n) is 8.51. The van der Waals surface area contributed by atoms with Gasteiger partial charge in [0, 0.05) is 31.3 Å². The molecule has 0 unspecified atom stereocenters. The number of ether oxygens (including phenoxy) is 1. The zero-order valence-corrected chi connectivity index (χ0v) is 15.0. The van der Waals surface area contributed by atoms with E-state index in [-0.39, 0.29) is 0 Å². The van der Waals surface area contributed by atoms with Crippen LogP contribution in [0.1, 0.15) is 17.5 Å². The van der Waals surface area contributed by atoms with Gasteiger partial charge in [0.15, 0.2) is 0 Å². The number of aromatic nitrogens is 2. The summed E-state index contributed by atoms with van der Waals surface area (Å²) in [5, 5.41) is 7.77. The van der Waals surface area contributed by atoms with Gasteiger partial charge in [0.25, 0.3) is 0 Å². The second kappa shape index (κ2) is 7.94. The number of benzene rings is 2. The minimum absolute atomic E-state index is 0.597. The summed E-state index contributed by atoms with van der Waals surface area (Å²) < 4.78 is 5.11. The summed E-state index contributed by atoms with van der Waals surface area (Å²) in [4.78, 5) is 9.34. The molecule has 0 atom stereocenters. The first kappa shape index (κ1) is 17.2. The van der Waals surface area contributed by atoms with Crippen LogP contribution in [0.3, 0.4) is 0 Å². The Balaban J connectivity index is 1.89. The Labute approximate surface area is 148 Å². The highest BCUT2D eigenvalue weighted by Gasteiger charge is 2.08. The van der Waals surface area contributed by atoms with E-state index >= 15 is 0 Å². The Kier molecular flexibility index (Phi) is 5.46. The van der Waals surface area contributed by atoms with Gasteiger partial charge in [-0.2, -0.15) is 4.98 Å². The maximum Gasteiger partial charge on any atom is 0.229 e.